The van der Waals surface area contributed by atoms with Crippen molar-refractivity contribution in [1.29, 1.82) is 0 Å². The first kappa shape index (κ1) is 11.7. The molecule has 0 bridgehead atoms. The maximum Gasteiger partial charge on any atom is 0.160 e. The van der Waals surface area contributed by atoms with Crippen molar-refractivity contribution in [1.82, 2.24) is 0 Å². The van der Waals surface area contributed by atoms with Crippen LogP contribution in [0.4, 0.5) is 20.2 Å². The second kappa shape index (κ2) is 4.69. The van der Waals surface area contributed by atoms with Gasteiger partial charge in [-0.05, 0) is 35.0 Å². The van der Waals surface area contributed by atoms with Crippen molar-refractivity contribution in [3.63, 3.8) is 0 Å². The third-order valence-corrected chi connectivity index (χ3v) is 2.96. The summed E-state index contributed by atoms with van der Waals surface area (Å²) in [4.78, 5) is 0. The molecule has 1 N–H and O–H groups in total. The van der Waals surface area contributed by atoms with Crippen LogP contribution in [0.2, 0.25) is 0 Å². The van der Waals surface area contributed by atoms with Crippen LogP contribution in [0.25, 0.3) is 10.8 Å². The first-order chi connectivity index (χ1) is 9.22. The van der Waals surface area contributed by atoms with Crippen molar-refractivity contribution in [2.75, 3.05) is 5.32 Å². The van der Waals surface area contributed by atoms with Gasteiger partial charge in [0, 0.05) is 17.4 Å². The second-order valence-corrected chi connectivity index (χ2v) is 4.32. The Morgan fingerprint density at radius 2 is 1.32 bits per heavy atom. The summed E-state index contributed by atoms with van der Waals surface area (Å²) in [5.74, 6) is -1.70. The van der Waals surface area contributed by atoms with Gasteiger partial charge in [-0.3, -0.25) is 0 Å². The second-order valence-electron chi connectivity index (χ2n) is 4.32. The number of halogens is 2. The van der Waals surface area contributed by atoms with Gasteiger partial charge in [-0.2, -0.15) is 0 Å². The fourth-order valence-corrected chi connectivity index (χ4v) is 2.01. The van der Waals surface area contributed by atoms with E-state index in [0.717, 1.165) is 28.6 Å². The van der Waals surface area contributed by atoms with Gasteiger partial charge in [0.25, 0.3) is 0 Å². The van der Waals surface area contributed by atoms with E-state index in [4.69, 9.17) is 0 Å². The zero-order valence-corrected chi connectivity index (χ0v) is 10.0. The molecule has 0 aliphatic carbocycles. The first-order valence-corrected chi connectivity index (χ1v) is 5.93. The number of hydrogen-bond donors (Lipinski definition) is 1. The molecule has 1 nitrogen and oxygen atoms in total. The van der Waals surface area contributed by atoms with E-state index < -0.39 is 11.6 Å². The molecule has 3 aromatic carbocycles. The van der Waals surface area contributed by atoms with E-state index in [1.807, 2.05) is 42.5 Å². The SMILES string of the molecule is Fc1ccc(Nc2ccc3ccccc3c2)cc1F. The lowest BCUT2D eigenvalue weighted by atomic mass is 10.1. The van der Waals surface area contributed by atoms with Crippen LogP contribution in [-0.2, 0) is 0 Å². The quantitative estimate of drug-likeness (QED) is 0.689. The molecule has 0 aliphatic heterocycles. The van der Waals surface area contributed by atoms with Crippen LogP contribution >= 0.6 is 0 Å². The van der Waals surface area contributed by atoms with Gasteiger partial charge in [-0.15, -0.1) is 0 Å². The Bertz CT molecular complexity index is 738. The van der Waals surface area contributed by atoms with Crippen LogP contribution in [0.5, 0.6) is 0 Å². The summed E-state index contributed by atoms with van der Waals surface area (Å²) in [6.07, 6.45) is 0. The van der Waals surface area contributed by atoms with Gasteiger partial charge in [0.2, 0.25) is 0 Å². The van der Waals surface area contributed by atoms with Gasteiger partial charge in [-0.25, -0.2) is 8.78 Å². The fraction of sp³-hybridized carbons (Fsp3) is 0. The van der Waals surface area contributed by atoms with Gasteiger partial charge < -0.3 is 5.32 Å². The van der Waals surface area contributed by atoms with Crippen molar-refractivity contribution in [2.24, 2.45) is 0 Å². The summed E-state index contributed by atoms with van der Waals surface area (Å²) in [5, 5.41) is 5.29. The van der Waals surface area contributed by atoms with Crippen molar-refractivity contribution in [3.05, 3.63) is 72.3 Å². The number of benzene rings is 3. The minimum atomic E-state index is -0.856. The Balaban J connectivity index is 1.94. The third-order valence-electron chi connectivity index (χ3n) is 2.96. The Kier molecular flexibility index (Phi) is 2.88. The van der Waals surface area contributed by atoms with E-state index in [9.17, 15) is 8.78 Å². The van der Waals surface area contributed by atoms with Gasteiger partial charge in [-0.1, -0.05) is 30.3 Å². The van der Waals surface area contributed by atoms with E-state index in [-0.39, 0.29) is 0 Å². The molecular weight excluding hydrogens is 244 g/mol. The molecule has 0 atom stereocenters. The topological polar surface area (TPSA) is 12.0 Å². The van der Waals surface area contributed by atoms with Crippen LogP contribution in [0, 0.1) is 11.6 Å². The summed E-state index contributed by atoms with van der Waals surface area (Å²) in [6, 6.07) is 17.6. The smallest absolute Gasteiger partial charge is 0.160 e. The summed E-state index contributed by atoms with van der Waals surface area (Å²) < 4.78 is 26.0. The van der Waals surface area contributed by atoms with Crippen LogP contribution in [0.3, 0.4) is 0 Å². The van der Waals surface area contributed by atoms with Gasteiger partial charge in [0.15, 0.2) is 11.6 Å². The molecule has 0 aromatic heterocycles. The van der Waals surface area contributed by atoms with Crippen LogP contribution in [-0.4, -0.2) is 0 Å². The highest BCUT2D eigenvalue weighted by molar-refractivity contribution is 5.86. The standard InChI is InChI=1S/C16H11F2N/c17-15-8-7-14(10-16(15)18)19-13-6-5-11-3-1-2-4-12(11)9-13/h1-10,19H. The summed E-state index contributed by atoms with van der Waals surface area (Å²) in [6.45, 7) is 0. The van der Waals surface area contributed by atoms with Crippen molar-refractivity contribution in [3.8, 4) is 0 Å². The zero-order chi connectivity index (χ0) is 13.2. The largest absolute Gasteiger partial charge is 0.355 e. The Morgan fingerprint density at radius 3 is 2.11 bits per heavy atom. The molecule has 94 valence electrons. The molecule has 0 heterocycles. The molecule has 0 aliphatic rings. The lowest BCUT2D eigenvalue weighted by Crippen LogP contribution is -1.92. The van der Waals surface area contributed by atoms with Crippen molar-refractivity contribution in [2.45, 2.75) is 0 Å². The lowest BCUT2D eigenvalue weighted by molar-refractivity contribution is 0.509. The maximum atomic E-state index is 13.1. The third kappa shape index (κ3) is 2.40. The molecule has 3 aromatic rings. The summed E-state index contributed by atoms with van der Waals surface area (Å²) in [7, 11) is 0. The predicted molar refractivity (Wildman–Crippen MR) is 73.6 cm³/mol. The fourth-order valence-electron chi connectivity index (χ4n) is 2.01. The van der Waals surface area contributed by atoms with Gasteiger partial charge >= 0.3 is 0 Å². The normalized spacial score (nSPS) is 10.6. The maximum absolute atomic E-state index is 13.1. The molecule has 0 fully saturated rings. The Hall–Kier alpha value is -2.42. The highest BCUT2D eigenvalue weighted by atomic mass is 19.2. The predicted octanol–water partition coefficient (Wildman–Crippen LogP) is 4.86. The van der Waals surface area contributed by atoms with Crippen LogP contribution in [0.1, 0.15) is 0 Å². The van der Waals surface area contributed by atoms with Crippen molar-refractivity contribution < 1.29 is 8.78 Å². The molecule has 0 saturated heterocycles. The number of anilines is 2. The van der Waals surface area contributed by atoms with E-state index in [1.54, 1.807) is 0 Å². The molecule has 0 unspecified atom stereocenters. The molecule has 0 radical (unpaired) electrons. The van der Waals surface area contributed by atoms with E-state index in [2.05, 4.69) is 5.32 Å². The average molecular weight is 255 g/mol. The van der Waals surface area contributed by atoms with Crippen LogP contribution < -0.4 is 5.32 Å². The van der Waals surface area contributed by atoms with E-state index in [1.165, 1.54) is 6.07 Å². The van der Waals surface area contributed by atoms with E-state index >= 15 is 0 Å². The monoisotopic (exact) mass is 255 g/mol. The zero-order valence-electron chi connectivity index (χ0n) is 10.0. The molecular formula is C16H11F2N. The number of nitrogens with one attached hydrogen (secondary N) is 1. The average Bonchev–Trinajstić information content (AvgIpc) is 2.43. The van der Waals surface area contributed by atoms with Gasteiger partial charge in [0.05, 0.1) is 0 Å². The molecule has 0 spiro atoms. The number of fused-ring (bicyclic) bond motifs is 1. The Labute approximate surface area is 109 Å². The first-order valence-electron chi connectivity index (χ1n) is 5.93. The highest BCUT2D eigenvalue weighted by Crippen LogP contribution is 2.23. The molecule has 3 rings (SSSR count). The van der Waals surface area contributed by atoms with Gasteiger partial charge in [0.1, 0.15) is 0 Å². The number of rotatable bonds is 2. The molecule has 3 heteroatoms. The summed E-state index contributed by atoms with van der Waals surface area (Å²) >= 11 is 0. The molecule has 0 saturated carbocycles. The van der Waals surface area contributed by atoms with Crippen LogP contribution in [0.15, 0.2) is 60.7 Å². The van der Waals surface area contributed by atoms with Crippen molar-refractivity contribution >= 4 is 22.1 Å². The molecule has 19 heavy (non-hydrogen) atoms. The summed E-state index contributed by atoms with van der Waals surface area (Å²) in [5.41, 5.74) is 1.36. The van der Waals surface area contributed by atoms with E-state index in [0.29, 0.717) is 5.69 Å². The molecule has 0 amide bonds. The highest BCUT2D eigenvalue weighted by Gasteiger charge is 2.03. The number of hydrogen-bond acceptors (Lipinski definition) is 1. The minimum Gasteiger partial charge on any atom is -0.355 e. The lowest BCUT2D eigenvalue weighted by Gasteiger charge is -2.08. The Morgan fingerprint density at radius 1 is 0.632 bits per heavy atom. The minimum absolute atomic E-state index is 0.522.